The Morgan fingerprint density at radius 2 is 1.58 bits per heavy atom. The molecule has 0 aromatic rings. The first-order valence-corrected chi connectivity index (χ1v) is 14.9. The Bertz CT molecular complexity index is 601. The lowest BCUT2D eigenvalue weighted by Crippen LogP contribution is -2.60. The maximum Gasteiger partial charge on any atom is 0.145 e. The third kappa shape index (κ3) is 7.95. The fourth-order valence-electron chi connectivity index (χ4n) is 5.23. The lowest BCUT2D eigenvalue weighted by atomic mass is 10.1. The molecular formula is C23H49N4O5P. The normalized spacial score (nSPS) is 24.8. The highest BCUT2D eigenvalue weighted by Gasteiger charge is 2.42. The van der Waals surface area contributed by atoms with Gasteiger partial charge in [0.05, 0.1) is 20.4 Å². The van der Waals surface area contributed by atoms with E-state index in [1.165, 1.54) is 0 Å². The van der Waals surface area contributed by atoms with Crippen molar-refractivity contribution in [1.29, 1.82) is 0 Å². The fraction of sp³-hybridized carbons (Fsp3) is 1.00. The van der Waals surface area contributed by atoms with Gasteiger partial charge in [0.15, 0.2) is 0 Å². The fourth-order valence-corrected chi connectivity index (χ4v) is 8.24. The molecule has 2 aliphatic rings. The molecule has 2 aliphatic heterocycles. The van der Waals surface area contributed by atoms with E-state index in [9.17, 15) is 14.8 Å². The molecule has 3 N–H and O–H groups in total. The summed E-state index contributed by atoms with van der Waals surface area (Å²) in [6.07, 6.45) is 3.41. The van der Waals surface area contributed by atoms with Gasteiger partial charge in [-0.15, -0.1) is 0 Å². The van der Waals surface area contributed by atoms with E-state index in [-0.39, 0.29) is 6.61 Å². The Hall–Kier alpha value is -0.0900. The molecule has 0 spiro atoms. The van der Waals surface area contributed by atoms with Crippen LogP contribution < -0.4 is 5.32 Å². The van der Waals surface area contributed by atoms with Gasteiger partial charge in [0.2, 0.25) is 0 Å². The standard InChI is InChI=1S/C23H49N4O5P/c1-5-17-33(30,18-7-22(29,20-28)26-11-9-24-10-12-26)19-8-23(32-4,21-31-3)27-15-13-25(6-2)14-16-27/h24,28-29H,5-21H2,1-4H3. The number of nitrogens with one attached hydrogen (secondary N) is 1. The Morgan fingerprint density at radius 3 is 2.09 bits per heavy atom. The number of aliphatic hydroxyl groups excluding tert-OH is 1. The van der Waals surface area contributed by atoms with Gasteiger partial charge in [0.1, 0.15) is 11.4 Å². The summed E-state index contributed by atoms with van der Waals surface area (Å²) >= 11 is 0. The minimum atomic E-state index is -2.57. The van der Waals surface area contributed by atoms with Gasteiger partial charge < -0.3 is 34.5 Å². The maximum atomic E-state index is 14.1. The first kappa shape index (κ1) is 29.1. The number of nitrogens with zero attached hydrogens (tertiary/aromatic N) is 3. The minimum absolute atomic E-state index is 0.320. The largest absolute Gasteiger partial charge is 0.392 e. The summed E-state index contributed by atoms with van der Waals surface area (Å²) in [5.74, 6) is 0. The molecular weight excluding hydrogens is 443 g/mol. The molecule has 0 aliphatic carbocycles. The highest BCUT2D eigenvalue weighted by Crippen LogP contribution is 2.50. The van der Waals surface area contributed by atoms with E-state index in [2.05, 4.69) is 29.0 Å². The molecule has 0 amide bonds. The second-order valence-electron chi connectivity index (χ2n) is 9.61. The highest BCUT2D eigenvalue weighted by atomic mass is 31.2. The number of piperazine rings is 2. The molecule has 10 heteroatoms. The van der Waals surface area contributed by atoms with E-state index in [0.29, 0.717) is 51.0 Å². The van der Waals surface area contributed by atoms with Crippen LogP contribution in [0.5, 0.6) is 0 Å². The van der Waals surface area contributed by atoms with Gasteiger partial charge in [-0.05, 0) is 25.8 Å². The van der Waals surface area contributed by atoms with Gasteiger partial charge in [0, 0.05) is 85.1 Å². The summed E-state index contributed by atoms with van der Waals surface area (Å²) in [4.78, 5) is 6.71. The molecule has 2 fully saturated rings. The van der Waals surface area contributed by atoms with Crippen molar-refractivity contribution >= 4 is 7.14 Å². The molecule has 2 rings (SSSR count). The van der Waals surface area contributed by atoms with Crippen molar-refractivity contribution < 1.29 is 24.3 Å². The van der Waals surface area contributed by atoms with Crippen LogP contribution in [0.15, 0.2) is 0 Å². The Kier molecular flexibility index (Phi) is 12.2. The van der Waals surface area contributed by atoms with Crippen molar-refractivity contribution in [3.8, 4) is 0 Å². The molecule has 0 aromatic heterocycles. The highest BCUT2D eigenvalue weighted by molar-refractivity contribution is 7.63. The van der Waals surface area contributed by atoms with E-state index in [0.717, 1.165) is 52.2 Å². The molecule has 0 saturated carbocycles. The van der Waals surface area contributed by atoms with Gasteiger partial charge in [-0.3, -0.25) is 9.80 Å². The summed E-state index contributed by atoms with van der Waals surface area (Å²) in [7, 11) is 0.850. The van der Waals surface area contributed by atoms with E-state index in [4.69, 9.17) is 9.47 Å². The minimum Gasteiger partial charge on any atom is -0.392 e. The third-order valence-electron chi connectivity index (χ3n) is 7.57. The molecule has 9 nitrogen and oxygen atoms in total. The molecule has 3 atom stereocenters. The first-order chi connectivity index (χ1) is 15.8. The van der Waals surface area contributed by atoms with Gasteiger partial charge >= 0.3 is 0 Å². The van der Waals surface area contributed by atoms with E-state index in [1.54, 1.807) is 14.2 Å². The summed E-state index contributed by atoms with van der Waals surface area (Å²) < 4.78 is 25.7. The second-order valence-corrected chi connectivity index (χ2v) is 13.1. The first-order valence-electron chi connectivity index (χ1n) is 12.7. The van der Waals surface area contributed by atoms with Crippen molar-refractivity contribution in [1.82, 2.24) is 20.0 Å². The molecule has 0 bridgehead atoms. The van der Waals surface area contributed by atoms with Crippen LogP contribution in [0, 0.1) is 0 Å². The summed E-state index contributed by atoms with van der Waals surface area (Å²) in [5, 5.41) is 24.4. The van der Waals surface area contributed by atoms with Crippen LogP contribution in [0.2, 0.25) is 0 Å². The average molecular weight is 493 g/mol. The third-order valence-corrected chi connectivity index (χ3v) is 10.9. The predicted molar refractivity (Wildman–Crippen MR) is 134 cm³/mol. The predicted octanol–water partition coefficient (Wildman–Crippen LogP) is 0.752. The molecule has 3 unspecified atom stereocenters. The number of rotatable bonds is 15. The van der Waals surface area contributed by atoms with E-state index >= 15 is 0 Å². The number of ether oxygens (including phenoxy) is 2. The zero-order chi connectivity index (χ0) is 24.4. The Morgan fingerprint density at radius 1 is 0.939 bits per heavy atom. The Balaban J connectivity index is 2.08. The van der Waals surface area contributed by atoms with Gasteiger partial charge in [-0.25, -0.2) is 0 Å². The summed E-state index contributed by atoms with van der Waals surface area (Å²) in [5.41, 5.74) is -1.91. The Labute approximate surface area is 201 Å². The van der Waals surface area contributed by atoms with Crippen LogP contribution in [0.3, 0.4) is 0 Å². The molecule has 2 saturated heterocycles. The van der Waals surface area contributed by atoms with Crippen LogP contribution in [-0.2, 0) is 14.0 Å². The number of likely N-dealkylation sites (N-methyl/N-ethyl adjacent to an activating group) is 1. The molecule has 0 radical (unpaired) electrons. The number of methoxy groups -OCH3 is 2. The monoisotopic (exact) mass is 492 g/mol. The molecule has 2 heterocycles. The SMILES string of the molecule is CCCP(=O)(CCC(O)(CO)N1CCNCC1)CCC(COC)(OC)N1CCN(CC)CC1. The van der Waals surface area contributed by atoms with Crippen molar-refractivity contribution in [2.45, 2.75) is 44.6 Å². The van der Waals surface area contributed by atoms with Crippen molar-refractivity contribution in [2.24, 2.45) is 0 Å². The van der Waals surface area contributed by atoms with E-state index < -0.39 is 18.6 Å². The topological polar surface area (TPSA) is 97.7 Å². The molecule has 33 heavy (non-hydrogen) atoms. The van der Waals surface area contributed by atoms with Crippen molar-refractivity contribution in [2.75, 3.05) is 105 Å². The summed E-state index contributed by atoms with van der Waals surface area (Å²) in [6.45, 7) is 12.1. The van der Waals surface area contributed by atoms with Crippen LogP contribution in [0.25, 0.3) is 0 Å². The lowest BCUT2D eigenvalue weighted by Gasteiger charge is -2.47. The molecule has 0 aromatic carbocycles. The quantitative estimate of drug-likeness (QED) is 0.286. The van der Waals surface area contributed by atoms with Gasteiger partial charge in [-0.2, -0.15) is 0 Å². The lowest BCUT2D eigenvalue weighted by molar-refractivity contribution is -0.179. The van der Waals surface area contributed by atoms with Gasteiger partial charge in [0.25, 0.3) is 0 Å². The molecule has 196 valence electrons. The zero-order valence-corrected chi connectivity index (χ0v) is 22.3. The van der Waals surface area contributed by atoms with Crippen molar-refractivity contribution in [3.63, 3.8) is 0 Å². The van der Waals surface area contributed by atoms with Crippen molar-refractivity contribution in [3.05, 3.63) is 0 Å². The summed E-state index contributed by atoms with van der Waals surface area (Å²) in [6, 6.07) is 0. The van der Waals surface area contributed by atoms with Gasteiger partial charge in [-0.1, -0.05) is 13.8 Å². The average Bonchev–Trinajstić information content (AvgIpc) is 2.86. The van der Waals surface area contributed by atoms with E-state index in [1.807, 2.05) is 4.90 Å². The van der Waals surface area contributed by atoms with Crippen LogP contribution >= 0.6 is 7.14 Å². The van der Waals surface area contributed by atoms with Crippen LogP contribution in [-0.4, -0.2) is 141 Å². The maximum absolute atomic E-state index is 14.1. The smallest absolute Gasteiger partial charge is 0.145 e. The van der Waals surface area contributed by atoms with Crippen LogP contribution in [0.4, 0.5) is 0 Å². The zero-order valence-electron chi connectivity index (χ0n) is 21.4. The number of hydrogen-bond acceptors (Lipinski definition) is 9. The second kappa shape index (κ2) is 13.9. The number of hydrogen-bond donors (Lipinski definition) is 3. The van der Waals surface area contributed by atoms with Crippen LogP contribution in [0.1, 0.15) is 33.1 Å². The number of aliphatic hydroxyl groups is 2.